The Balaban J connectivity index is 2.27. The lowest BCUT2D eigenvalue weighted by Crippen LogP contribution is -2.43. The lowest BCUT2D eigenvalue weighted by Gasteiger charge is -2.33. The summed E-state index contributed by atoms with van der Waals surface area (Å²) in [6, 6.07) is 0. The van der Waals surface area contributed by atoms with E-state index in [1.54, 1.807) is 4.90 Å². The molecule has 0 atom stereocenters. The monoisotopic (exact) mass is 267 g/mol. The van der Waals surface area contributed by atoms with Crippen LogP contribution in [0.1, 0.15) is 47.0 Å². The van der Waals surface area contributed by atoms with E-state index in [0.717, 1.165) is 19.3 Å². The molecule has 1 aliphatic heterocycles. The highest BCUT2D eigenvalue weighted by Crippen LogP contribution is 2.17. The number of nitrogens with zero attached hydrogens (tertiary/aromatic N) is 1. The van der Waals surface area contributed by atoms with Gasteiger partial charge in [0.25, 0.3) is 0 Å². The van der Waals surface area contributed by atoms with Crippen molar-refractivity contribution in [2.75, 3.05) is 19.7 Å². The first-order valence-electron chi connectivity index (χ1n) is 6.97. The van der Waals surface area contributed by atoms with E-state index in [1.165, 1.54) is 0 Å². The van der Waals surface area contributed by atoms with Gasteiger partial charge in [-0.1, -0.05) is 12.8 Å². The highest BCUT2D eigenvalue weighted by atomic mass is 16.6. The molecule has 0 aromatic carbocycles. The van der Waals surface area contributed by atoms with E-state index in [4.69, 9.17) is 9.47 Å². The number of carbonyl (C=O) groups is 1. The predicted molar refractivity (Wildman–Crippen MR) is 74.8 cm³/mol. The van der Waals surface area contributed by atoms with Crippen LogP contribution < -0.4 is 0 Å². The second-order valence-corrected chi connectivity index (χ2v) is 5.68. The third-order valence-corrected chi connectivity index (χ3v) is 2.79. The van der Waals surface area contributed by atoms with E-state index in [9.17, 15) is 4.79 Å². The molecule has 0 radical (unpaired) electrons. The number of rotatable bonds is 2. The predicted octanol–water partition coefficient (Wildman–Crippen LogP) is 2.82. The summed E-state index contributed by atoms with van der Waals surface area (Å²) in [7, 11) is 0. The Hall–Kier alpha value is -1.21. The second-order valence-electron chi connectivity index (χ2n) is 5.68. The van der Waals surface area contributed by atoms with Gasteiger partial charge in [-0.25, -0.2) is 4.79 Å². The Kier molecular flexibility index (Phi) is 6.17. The third-order valence-electron chi connectivity index (χ3n) is 2.79. The molecule has 0 aromatic rings. The van der Waals surface area contributed by atoms with Gasteiger partial charge in [0, 0.05) is 19.5 Å². The molecular weight excluding hydrogens is 242 g/mol. The topological polar surface area (TPSA) is 38.8 Å². The maximum absolute atomic E-state index is 11.9. The smallest absolute Gasteiger partial charge is 0.410 e. The SMILES string of the molecule is CCC#CCOC1CCN(C(=O)OC(C)(C)C)CC1. The maximum atomic E-state index is 11.9. The number of hydrogen-bond donors (Lipinski definition) is 0. The number of carbonyl (C=O) groups excluding carboxylic acids is 1. The number of hydrogen-bond acceptors (Lipinski definition) is 3. The second kappa shape index (κ2) is 7.40. The van der Waals surface area contributed by atoms with Gasteiger partial charge in [-0.2, -0.15) is 0 Å². The van der Waals surface area contributed by atoms with E-state index in [2.05, 4.69) is 11.8 Å². The normalized spacial score (nSPS) is 16.7. The molecule has 108 valence electrons. The van der Waals surface area contributed by atoms with Crippen molar-refractivity contribution in [1.29, 1.82) is 0 Å². The molecule has 0 saturated carbocycles. The summed E-state index contributed by atoms with van der Waals surface area (Å²) in [6.07, 6.45) is 2.56. The summed E-state index contributed by atoms with van der Waals surface area (Å²) < 4.78 is 11.0. The highest BCUT2D eigenvalue weighted by Gasteiger charge is 2.26. The minimum absolute atomic E-state index is 0.213. The first-order chi connectivity index (χ1) is 8.92. The van der Waals surface area contributed by atoms with Crippen molar-refractivity contribution >= 4 is 6.09 Å². The first-order valence-corrected chi connectivity index (χ1v) is 6.97. The Morgan fingerprint density at radius 3 is 2.42 bits per heavy atom. The van der Waals surface area contributed by atoms with Gasteiger partial charge in [-0.3, -0.25) is 0 Å². The molecule has 1 heterocycles. The van der Waals surface area contributed by atoms with Crippen LogP contribution in [0.4, 0.5) is 4.79 Å². The summed E-state index contributed by atoms with van der Waals surface area (Å²) in [5, 5.41) is 0. The van der Waals surface area contributed by atoms with Gasteiger partial charge in [0.15, 0.2) is 0 Å². The van der Waals surface area contributed by atoms with Crippen LogP contribution in [-0.2, 0) is 9.47 Å². The van der Waals surface area contributed by atoms with Crippen LogP contribution >= 0.6 is 0 Å². The number of piperidine rings is 1. The summed E-state index contributed by atoms with van der Waals surface area (Å²) >= 11 is 0. The minimum Gasteiger partial charge on any atom is -0.444 e. The number of amides is 1. The highest BCUT2D eigenvalue weighted by molar-refractivity contribution is 5.68. The van der Waals surface area contributed by atoms with Crippen molar-refractivity contribution in [1.82, 2.24) is 4.90 Å². The molecule has 1 fully saturated rings. The summed E-state index contributed by atoms with van der Waals surface area (Å²) in [6.45, 7) is 9.55. The minimum atomic E-state index is -0.430. The molecular formula is C15H25NO3. The van der Waals surface area contributed by atoms with Crippen molar-refractivity contribution in [2.45, 2.75) is 58.7 Å². The van der Waals surface area contributed by atoms with Crippen LogP contribution in [0.15, 0.2) is 0 Å². The molecule has 1 saturated heterocycles. The number of likely N-dealkylation sites (tertiary alicyclic amines) is 1. The zero-order valence-electron chi connectivity index (χ0n) is 12.5. The Labute approximate surface area is 116 Å². The van der Waals surface area contributed by atoms with E-state index >= 15 is 0 Å². The van der Waals surface area contributed by atoms with Gasteiger partial charge in [0.2, 0.25) is 0 Å². The molecule has 0 spiro atoms. The lowest BCUT2D eigenvalue weighted by atomic mass is 10.1. The van der Waals surface area contributed by atoms with E-state index in [0.29, 0.717) is 19.7 Å². The molecule has 0 unspecified atom stereocenters. The first kappa shape index (κ1) is 15.8. The number of ether oxygens (including phenoxy) is 2. The molecule has 0 aromatic heterocycles. The van der Waals surface area contributed by atoms with Crippen molar-refractivity contribution in [3.63, 3.8) is 0 Å². The van der Waals surface area contributed by atoms with E-state index < -0.39 is 5.60 Å². The summed E-state index contributed by atoms with van der Waals surface area (Å²) in [5.74, 6) is 5.95. The fourth-order valence-electron chi connectivity index (χ4n) is 1.87. The van der Waals surface area contributed by atoms with Crippen LogP contribution in [0.2, 0.25) is 0 Å². The van der Waals surface area contributed by atoms with Gasteiger partial charge < -0.3 is 14.4 Å². The van der Waals surface area contributed by atoms with Crippen molar-refractivity contribution in [3.8, 4) is 11.8 Å². The molecule has 4 nitrogen and oxygen atoms in total. The van der Waals surface area contributed by atoms with Gasteiger partial charge >= 0.3 is 6.09 Å². The van der Waals surface area contributed by atoms with Gasteiger partial charge in [0.05, 0.1) is 6.10 Å². The van der Waals surface area contributed by atoms with Crippen LogP contribution in [0, 0.1) is 11.8 Å². The van der Waals surface area contributed by atoms with Crippen LogP contribution in [0.5, 0.6) is 0 Å². The van der Waals surface area contributed by atoms with Crippen molar-refractivity contribution in [3.05, 3.63) is 0 Å². The van der Waals surface area contributed by atoms with E-state index in [1.807, 2.05) is 27.7 Å². The molecule has 1 rings (SSSR count). The zero-order chi connectivity index (χ0) is 14.3. The average molecular weight is 267 g/mol. The van der Waals surface area contributed by atoms with Crippen LogP contribution in [-0.4, -0.2) is 42.4 Å². The molecule has 4 heteroatoms. The average Bonchev–Trinajstić information content (AvgIpc) is 2.33. The molecule has 19 heavy (non-hydrogen) atoms. The zero-order valence-corrected chi connectivity index (χ0v) is 12.5. The van der Waals surface area contributed by atoms with Gasteiger partial charge in [0.1, 0.15) is 12.2 Å². The molecule has 1 aliphatic rings. The maximum Gasteiger partial charge on any atom is 0.410 e. The van der Waals surface area contributed by atoms with Gasteiger partial charge in [-0.15, -0.1) is 5.92 Å². The largest absolute Gasteiger partial charge is 0.444 e. The molecule has 0 bridgehead atoms. The quantitative estimate of drug-likeness (QED) is 0.722. The Bertz CT molecular complexity index is 341. The van der Waals surface area contributed by atoms with E-state index in [-0.39, 0.29) is 12.2 Å². The van der Waals surface area contributed by atoms with Crippen molar-refractivity contribution in [2.24, 2.45) is 0 Å². The Morgan fingerprint density at radius 2 is 1.89 bits per heavy atom. The third kappa shape index (κ3) is 6.49. The van der Waals surface area contributed by atoms with Crippen molar-refractivity contribution < 1.29 is 14.3 Å². The molecule has 0 N–H and O–H groups in total. The van der Waals surface area contributed by atoms with Crippen LogP contribution in [0.3, 0.4) is 0 Å². The fraction of sp³-hybridized carbons (Fsp3) is 0.800. The fourth-order valence-corrected chi connectivity index (χ4v) is 1.87. The molecule has 1 amide bonds. The lowest BCUT2D eigenvalue weighted by molar-refractivity contribution is -0.00375. The Morgan fingerprint density at radius 1 is 1.26 bits per heavy atom. The standard InChI is InChI=1S/C15H25NO3/c1-5-6-7-12-18-13-8-10-16(11-9-13)14(17)19-15(2,3)4/h13H,5,8-12H2,1-4H3. The van der Waals surface area contributed by atoms with Gasteiger partial charge in [-0.05, 0) is 33.6 Å². The summed E-state index contributed by atoms with van der Waals surface area (Å²) in [4.78, 5) is 13.6. The van der Waals surface area contributed by atoms with Crippen LogP contribution in [0.25, 0.3) is 0 Å². The molecule has 0 aliphatic carbocycles. The summed E-state index contributed by atoms with van der Waals surface area (Å²) in [5.41, 5.74) is -0.430.